The van der Waals surface area contributed by atoms with Crippen molar-refractivity contribution in [1.29, 1.82) is 0 Å². The molecule has 5 nitrogen and oxygen atoms in total. The smallest absolute Gasteiger partial charge is 0.228 e. The molecule has 1 rings (SSSR count). The number of rotatable bonds is 5. The van der Waals surface area contributed by atoms with E-state index < -0.39 is 0 Å². The summed E-state index contributed by atoms with van der Waals surface area (Å²) in [5.41, 5.74) is 1.03. The molecule has 104 valence electrons. The topological polar surface area (TPSA) is 70.2 Å². The van der Waals surface area contributed by atoms with Crippen LogP contribution in [0.3, 0.4) is 0 Å². The maximum Gasteiger partial charge on any atom is 0.228 e. The fourth-order valence-corrected chi connectivity index (χ4v) is 1.75. The lowest BCUT2D eigenvalue weighted by Crippen LogP contribution is -2.29. The molecule has 1 unspecified atom stereocenters. The molecule has 1 aromatic rings. The average Bonchev–Trinajstić information content (AvgIpc) is 2.32. The zero-order valence-electron chi connectivity index (χ0n) is 11.2. The first-order valence-corrected chi connectivity index (χ1v) is 6.34. The Kier molecular flexibility index (Phi) is 5.79. The van der Waals surface area contributed by atoms with Gasteiger partial charge in [-0.3, -0.25) is 9.59 Å². The van der Waals surface area contributed by atoms with Crippen LogP contribution in [0.1, 0.15) is 13.8 Å². The van der Waals surface area contributed by atoms with Crippen molar-refractivity contribution in [3.8, 4) is 0 Å². The molecule has 0 heterocycles. The molecule has 0 aliphatic carbocycles. The summed E-state index contributed by atoms with van der Waals surface area (Å²) in [6, 6.07) is 4.92. The fraction of sp³-hybridized carbons (Fsp3) is 0.385. The fourth-order valence-electron chi connectivity index (χ4n) is 1.57. The van der Waals surface area contributed by atoms with Crippen LogP contribution in [0.2, 0.25) is 5.02 Å². The minimum atomic E-state index is -0.221. The highest BCUT2D eigenvalue weighted by atomic mass is 35.5. The van der Waals surface area contributed by atoms with Crippen LogP contribution in [-0.2, 0) is 9.59 Å². The number of hydrogen-bond donors (Lipinski definition) is 3. The molecule has 2 amide bonds. The van der Waals surface area contributed by atoms with Crippen molar-refractivity contribution in [2.75, 3.05) is 24.2 Å². The molecule has 0 bridgehead atoms. The summed E-state index contributed by atoms with van der Waals surface area (Å²) in [6.07, 6.45) is 0. The van der Waals surface area contributed by atoms with Crippen molar-refractivity contribution in [3.63, 3.8) is 0 Å². The van der Waals surface area contributed by atoms with E-state index in [1.807, 2.05) is 6.92 Å². The van der Waals surface area contributed by atoms with Crippen LogP contribution in [0, 0.1) is 5.92 Å². The van der Waals surface area contributed by atoms with E-state index in [0.717, 1.165) is 0 Å². The number of carbonyl (C=O) groups excluding carboxylic acids is 2. The number of carbonyl (C=O) groups is 2. The van der Waals surface area contributed by atoms with Gasteiger partial charge < -0.3 is 16.0 Å². The van der Waals surface area contributed by atoms with Crippen molar-refractivity contribution >= 4 is 34.8 Å². The van der Waals surface area contributed by atoms with Gasteiger partial charge in [-0.05, 0) is 25.2 Å². The molecule has 1 aromatic carbocycles. The van der Waals surface area contributed by atoms with Gasteiger partial charge in [0.15, 0.2) is 0 Å². The van der Waals surface area contributed by atoms with Crippen molar-refractivity contribution < 1.29 is 9.59 Å². The van der Waals surface area contributed by atoms with Gasteiger partial charge in [-0.15, -0.1) is 0 Å². The second kappa shape index (κ2) is 7.11. The number of anilines is 2. The first-order valence-electron chi connectivity index (χ1n) is 5.96. The summed E-state index contributed by atoms with van der Waals surface area (Å²) in [5.74, 6) is -0.518. The second-order valence-electron chi connectivity index (χ2n) is 4.32. The van der Waals surface area contributed by atoms with Crippen LogP contribution in [0.4, 0.5) is 11.4 Å². The maximum atomic E-state index is 11.9. The minimum absolute atomic E-state index is 0.122. The third-order valence-corrected chi connectivity index (χ3v) is 2.74. The third-order valence-electron chi connectivity index (χ3n) is 2.51. The van der Waals surface area contributed by atoms with Gasteiger partial charge in [-0.25, -0.2) is 0 Å². The summed E-state index contributed by atoms with van der Waals surface area (Å²) in [7, 11) is 1.79. The van der Waals surface area contributed by atoms with Crippen molar-refractivity contribution in [1.82, 2.24) is 5.32 Å². The van der Waals surface area contributed by atoms with Gasteiger partial charge in [0.25, 0.3) is 0 Å². The Morgan fingerprint density at radius 1 is 1.26 bits per heavy atom. The van der Waals surface area contributed by atoms with E-state index in [2.05, 4.69) is 16.0 Å². The zero-order chi connectivity index (χ0) is 14.4. The summed E-state index contributed by atoms with van der Waals surface area (Å²) < 4.78 is 0. The van der Waals surface area contributed by atoms with E-state index in [1.54, 1.807) is 25.2 Å². The predicted octanol–water partition coefficient (Wildman–Crippen LogP) is 2.09. The molecule has 0 spiro atoms. The van der Waals surface area contributed by atoms with E-state index in [-0.39, 0.29) is 17.7 Å². The Morgan fingerprint density at radius 2 is 1.95 bits per heavy atom. The Hall–Kier alpha value is -1.59. The van der Waals surface area contributed by atoms with Crippen LogP contribution in [-0.4, -0.2) is 25.4 Å². The summed E-state index contributed by atoms with van der Waals surface area (Å²) in [6.45, 7) is 3.80. The van der Waals surface area contributed by atoms with Crippen molar-refractivity contribution in [3.05, 3.63) is 23.2 Å². The van der Waals surface area contributed by atoms with Crippen molar-refractivity contribution in [2.24, 2.45) is 5.92 Å². The van der Waals surface area contributed by atoms with Gasteiger partial charge >= 0.3 is 0 Å². The Morgan fingerprint density at radius 3 is 2.53 bits per heavy atom. The number of amides is 2. The molecule has 6 heteroatoms. The van der Waals surface area contributed by atoms with Gasteiger partial charge in [-0.2, -0.15) is 0 Å². The average molecular weight is 284 g/mol. The molecule has 0 saturated heterocycles. The highest BCUT2D eigenvalue weighted by Gasteiger charge is 2.14. The summed E-state index contributed by atoms with van der Waals surface area (Å²) >= 11 is 5.88. The summed E-state index contributed by atoms with van der Waals surface area (Å²) in [4.78, 5) is 23.1. The van der Waals surface area contributed by atoms with Gasteiger partial charge in [0.1, 0.15) is 0 Å². The predicted molar refractivity (Wildman–Crippen MR) is 77.5 cm³/mol. The van der Waals surface area contributed by atoms with E-state index >= 15 is 0 Å². The van der Waals surface area contributed by atoms with Crippen molar-refractivity contribution in [2.45, 2.75) is 13.8 Å². The quantitative estimate of drug-likeness (QED) is 0.775. The first-order chi connectivity index (χ1) is 8.93. The molecule has 19 heavy (non-hydrogen) atoms. The first kappa shape index (κ1) is 15.5. The highest BCUT2D eigenvalue weighted by molar-refractivity contribution is 6.31. The lowest BCUT2D eigenvalue weighted by molar-refractivity contribution is -0.119. The molecule has 0 aliphatic heterocycles. The van der Waals surface area contributed by atoms with Crippen LogP contribution >= 0.6 is 11.6 Å². The SMILES string of the molecule is CNCC(C)C(=O)Nc1ccc(Cl)cc1NC(C)=O. The van der Waals surface area contributed by atoms with E-state index in [1.165, 1.54) is 6.92 Å². The van der Waals surface area contributed by atoms with Crippen LogP contribution in [0.5, 0.6) is 0 Å². The standard InChI is InChI=1S/C13H18ClN3O2/c1-8(7-15-3)13(19)17-11-5-4-10(14)6-12(11)16-9(2)18/h4-6,8,15H,7H2,1-3H3,(H,16,18)(H,17,19). The van der Waals surface area contributed by atoms with Crippen LogP contribution in [0.15, 0.2) is 18.2 Å². The molecular weight excluding hydrogens is 266 g/mol. The van der Waals surface area contributed by atoms with Gasteiger partial charge in [-0.1, -0.05) is 18.5 Å². The monoisotopic (exact) mass is 283 g/mol. The summed E-state index contributed by atoms with van der Waals surface area (Å²) in [5, 5.41) is 8.84. The van der Waals surface area contributed by atoms with E-state index in [9.17, 15) is 9.59 Å². The van der Waals surface area contributed by atoms with Crippen LogP contribution < -0.4 is 16.0 Å². The van der Waals surface area contributed by atoms with Crippen LogP contribution in [0.25, 0.3) is 0 Å². The second-order valence-corrected chi connectivity index (χ2v) is 4.76. The molecule has 1 atom stereocenters. The number of benzene rings is 1. The van der Waals surface area contributed by atoms with E-state index in [0.29, 0.717) is 22.9 Å². The largest absolute Gasteiger partial charge is 0.324 e. The maximum absolute atomic E-state index is 11.9. The Balaban J connectivity index is 2.87. The molecule has 3 N–H and O–H groups in total. The Labute approximate surface area is 117 Å². The lowest BCUT2D eigenvalue weighted by atomic mass is 10.1. The number of hydrogen-bond acceptors (Lipinski definition) is 3. The highest BCUT2D eigenvalue weighted by Crippen LogP contribution is 2.26. The molecule has 0 saturated carbocycles. The lowest BCUT2D eigenvalue weighted by Gasteiger charge is -2.15. The normalized spacial score (nSPS) is 11.8. The molecular formula is C13H18ClN3O2. The number of nitrogens with one attached hydrogen (secondary N) is 3. The van der Waals surface area contributed by atoms with Gasteiger partial charge in [0.2, 0.25) is 11.8 Å². The van der Waals surface area contributed by atoms with Gasteiger partial charge in [0.05, 0.1) is 11.4 Å². The van der Waals surface area contributed by atoms with E-state index in [4.69, 9.17) is 11.6 Å². The third kappa shape index (κ3) is 4.89. The minimum Gasteiger partial charge on any atom is -0.324 e. The number of halogens is 1. The Bertz CT molecular complexity index is 477. The molecule has 0 aliphatic rings. The van der Waals surface area contributed by atoms with Gasteiger partial charge in [0, 0.05) is 24.4 Å². The molecule has 0 fully saturated rings. The molecule has 0 aromatic heterocycles. The molecule has 0 radical (unpaired) electrons. The zero-order valence-corrected chi connectivity index (χ0v) is 12.0.